The first-order chi connectivity index (χ1) is 5.45. The zero-order valence-electron chi connectivity index (χ0n) is 6.22. The molecule has 11 heavy (non-hydrogen) atoms. The van der Waals surface area contributed by atoms with E-state index >= 15 is 0 Å². The van der Waals surface area contributed by atoms with Gasteiger partial charge in [0, 0.05) is 17.1 Å². The molecule has 52 valence electrons. The summed E-state index contributed by atoms with van der Waals surface area (Å²) in [7, 11) is 0. The van der Waals surface area contributed by atoms with Crippen molar-refractivity contribution in [3.8, 4) is 0 Å². The molecule has 0 amide bonds. The fourth-order valence-corrected chi connectivity index (χ4v) is 1.59. The lowest BCUT2D eigenvalue weighted by Gasteiger charge is -2.02. The van der Waals surface area contributed by atoms with Crippen molar-refractivity contribution < 1.29 is 0 Å². The molecule has 3 aliphatic carbocycles. The molecule has 0 aromatic heterocycles. The molecule has 0 atom stereocenters. The lowest BCUT2D eigenvalue weighted by Crippen LogP contribution is -1.87. The minimum atomic E-state index is 0.821. The smallest absolute Gasteiger partial charge is 0.0292 e. The van der Waals surface area contributed by atoms with Crippen molar-refractivity contribution in [3.05, 3.63) is 46.4 Å². The van der Waals surface area contributed by atoms with E-state index in [0.29, 0.717) is 0 Å². The minimum Gasteiger partial charge on any atom is -0.125 e. The van der Waals surface area contributed by atoms with Gasteiger partial charge < -0.3 is 0 Å². The summed E-state index contributed by atoms with van der Waals surface area (Å²) in [6.45, 7) is 0. The minimum absolute atomic E-state index is 0.821. The normalized spacial score (nSPS) is 23.8. The van der Waals surface area contributed by atoms with Crippen molar-refractivity contribution in [2.45, 2.75) is 12.8 Å². The van der Waals surface area contributed by atoms with Gasteiger partial charge in [-0.2, -0.15) is 0 Å². The van der Waals surface area contributed by atoms with Crippen LogP contribution < -0.4 is 0 Å². The lowest BCUT2D eigenvalue weighted by atomic mass is 10.0. The number of allylic oxidation sites excluding steroid dienone is 4. The van der Waals surface area contributed by atoms with E-state index in [-0.39, 0.29) is 0 Å². The van der Waals surface area contributed by atoms with Gasteiger partial charge in [0.15, 0.2) is 0 Å². The number of hydrogen-bond acceptors (Lipinski definition) is 0. The molecule has 0 saturated heterocycles. The van der Waals surface area contributed by atoms with Crippen LogP contribution in [0.5, 0.6) is 0 Å². The van der Waals surface area contributed by atoms with Gasteiger partial charge in [0.05, 0.1) is 0 Å². The van der Waals surface area contributed by atoms with Crippen LogP contribution >= 0.6 is 0 Å². The first-order valence-corrected chi connectivity index (χ1v) is 4.05. The zero-order chi connectivity index (χ0) is 7.26. The largest absolute Gasteiger partial charge is 0.125 e. The second kappa shape index (κ2) is 1.68. The van der Waals surface area contributed by atoms with Crippen molar-refractivity contribution in [2.24, 2.45) is 5.92 Å². The second-order valence-electron chi connectivity index (χ2n) is 3.28. The lowest BCUT2D eigenvalue weighted by molar-refractivity contribution is 0.855. The molecule has 0 unspecified atom stereocenters. The van der Waals surface area contributed by atoms with E-state index in [1.165, 1.54) is 17.6 Å². The third-order valence-electron chi connectivity index (χ3n) is 2.47. The summed E-state index contributed by atoms with van der Waals surface area (Å²) in [5.74, 6) is 0.821. The predicted molar refractivity (Wildman–Crippen MR) is 44.0 cm³/mol. The number of hydrogen-bond donors (Lipinski definition) is 0. The van der Waals surface area contributed by atoms with Gasteiger partial charge in [-0.1, -0.05) is 11.6 Å². The first kappa shape index (κ1) is 5.43. The monoisotopic (exact) mass is 140 g/mol. The van der Waals surface area contributed by atoms with Gasteiger partial charge in [-0.25, -0.2) is 0 Å². The Labute approximate surface area is 65.9 Å². The molecule has 0 heteroatoms. The highest BCUT2D eigenvalue weighted by molar-refractivity contribution is 5.68. The molecule has 0 N–H and O–H groups in total. The van der Waals surface area contributed by atoms with Crippen LogP contribution in [-0.2, 0) is 0 Å². The van der Waals surface area contributed by atoms with E-state index in [1.807, 2.05) is 6.08 Å². The average Bonchev–Trinajstić information content (AvgIpc) is 2.90. The van der Waals surface area contributed by atoms with Crippen LogP contribution in [0.2, 0.25) is 0 Å². The van der Waals surface area contributed by atoms with Crippen LogP contribution in [0.15, 0.2) is 46.4 Å². The molecule has 0 radical (unpaired) electrons. The van der Waals surface area contributed by atoms with Crippen molar-refractivity contribution in [3.63, 3.8) is 0 Å². The maximum Gasteiger partial charge on any atom is 0.0292 e. The van der Waals surface area contributed by atoms with E-state index in [4.69, 9.17) is 0 Å². The maximum absolute atomic E-state index is 3.20. The van der Waals surface area contributed by atoms with E-state index in [2.05, 4.69) is 23.6 Å². The Morgan fingerprint density at radius 3 is 2.91 bits per heavy atom. The number of rotatable bonds is 2. The van der Waals surface area contributed by atoms with Crippen LogP contribution in [-0.4, -0.2) is 0 Å². The van der Waals surface area contributed by atoms with Gasteiger partial charge in [0.2, 0.25) is 0 Å². The zero-order valence-corrected chi connectivity index (χ0v) is 6.22. The van der Waals surface area contributed by atoms with Crippen molar-refractivity contribution >= 4 is 0 Å². The van der Waals surface area contributed by atoms with Gasteiger partial charge in [-0.05, 0) is 25.0 Å². The van der Waals surface area contributed by atoms with Gasteiger partial charge >= 0.3 is 0 Å². The molecule has 1 fully saturated rings. The maximum atomic E-state index is 3.20. The summed E-state index contributed by atoms with van der Waals surface area (Å²) in [6, 6.07) is 0. The van der Waals surface area contributed by atoms with Crippen LogP contribution in [0.4, 0.5) is 0 Å². The Balaban J connectivity index is 1.68. The molecule has 0 aliphatic heterocycles. The van der Waals surface area contributed by atoms with E-state index in [1.54, 1.807) is 5.57 Å². The summed E-state index contributed by atoms with van der Waals surface area (Å²) in [4.78, 5) is 0. The second-order valence-corrected chi connectivity index (χ2v) is 3.28. The molecule has 1 saturated carbocycles. The Bertz CT molecular complexity index is 364. The molecule has 0 aromatic rings. The molecular weight excluding hydrogens is 132 g/mol. The van der Waals surface area contributed by atoms with Gasteiger partial charge in [-0.15, -0.1) is 11.5 Å². The van der Waals surface area contributed by atoms with Crippen LogP contribution in [0, 0.1) is 5.92 Å². The topological polar surface area (TPSA) is 0 Å². The van der Waals surface area contributed by atoms with E-state index in [9.17, 15) is 0 Å². The average molecular weight is 140 g/mol. The van der Waals surface area contributed by atoms with Crippen LogP contribution in [0.3, 0.4) is 0 Å². The fraction of sp³-hybridized carbons (Fsp3) is 0.273. The summed E-state index contributed by atoms with van der Waals surface area (Å²) >= 11 is 0. The summed E-state index contributed by atoms with van der Waals surface area (Å²) in [5.41, 5.74) is 10.9. The highest BCUT2D eigenvalue weighted by Gasteiger charge is 2.46. The van der Waals surface area contributed by atoms with Crippen molar-refractivity contribution in [1.82, 2.24) is 0 Å². The third-order valence-corrected chi connectivity index (χ3v) is 2.47. The molecule has 0 bridgehead atoms. The summed E-state index contributed by atoms with van der Waals surface area (Å²) < 4.78 is 0. The quantitative estimate of drug-likeness (QED) is 0.517. The molecule has 3 rings (SSSR count). The van der Waals surface area contributed by atoms with Gasteiger partial charge in [0.25, 0.3) is 0 Å². The Morgan fingerprint density at radius 1 is 1.45 bits per heavy atom. The Morgan fingerprint density at radius 2 is 2.36 bits per heavy atom. The molecule has 0 heterocycles. The van der Waals surface area contributed by atoms with Crippen LogP contribution in [0.1, 0.15) is 12.8 Å². The third kappa shape index (κ3) is 0.778. The van der Waals surface area contributed by atoms with Crippen molar-refractivity contribution in [1.29, 1.82) is 0 Å². The van der Waals surface area contributed by atoms with Gasteiger partial charge in [-0.3, -0.25) is 0 Å². The number of fused-ring (bicyclic) bond motifs is 1. The fourth-order valence-electron chi connectivity index (χ4n) is 1.59. The standard InChI is InChI=1S/C11H8/c1-2-4-8(5-3-1)6-9-10-7-11(9)10/h2-4,9H,5-6H2. The van der Waals surface area contributed by atoms with E-state index in [0.717, 1.165) is 12.3 Å². The molecule has 0 aromatic carbocycles. The molecular formula is C11H8. The summed E-state index contributed by atoms with van der Waals surface area (Å²) in [6.07, 6.45) is 8.65. The molecule has 0 spiro atoms. The molecule has 0 nitrogen and oxygen atoms in total. The van der Waals surface area contributed by atoms with Crippen LogP contribution in [0.25, 0.3) is 0 Å². The highest BCUT2D eigenvalue weighted by atomic mass is 14.5. The Hall–Kier alpha value is -1.22. The predicted octanol–water partition coefficient (Wildman–Crippen LogP) is 2.51. The van der Waals surface area contributed by atoms with Crippen molar-refractivity contribution in [2.75, 3.05) is 0 Å². The highest BCUT2D eigenvalue weighted by Crippen LogP contribution is 2.57. The SMILES string of the molecule is C1=CC=C(CC2C3=C=C32)CC=1. The molecule has 3 aliphatic rings. The van der Waals surface area contributed by atoms with E-state index < -0.39 is 0 Å². The first-order valence-electron chi connectivity index (χ1n) is 4.05. The Kier molecular flexibility index (Phi) is 0.830. The summed E-state index contributed by atoms with van der Waals surface area (Å²) in [5, 5.41) is 0. The van der Waals surface area contributed by atoms with Gasteiger partial charge in [0.1, 0.15) is 0 Å².